The first-order chi connectivity index (χ1) is 13.8. The molecule has 3 aromatic heterocycles. The summed E-state index contributed by atoms with van der Waals surface area (Å²) >= 11 is 0. The standard InChI is InChI=1S/C21H21N7/c1-16-9-11-28(25-16)20-7-6-19(23-24-20)26-12-14-27(15-13-26)21-18-5-3-2-4-17(18)8-10-22-21/h2-11H,12-15H2,1H3. The molecule has 0 spiro atoms. The molecule has 1 saturated heterocycles. The SMILES string of the molecule is Cc1ccn(-c2ccc(N3CCN(c4nccc5ccccc45)CC3)nn2)n1. The number of fused-ring (bicyclic) bond motifs is 1. The van der Waals surface area contributed by atoms with E-state index < -0.39 is 0 Å². The highest BCUT2D eigenvalue weighted by atomic mass is 15.4. The molecule has 4 aromatic rings. The second kappa shape index (κ2) is 6.92. The van der Waals surface area contributed by atoms with Crippen molar-refractivity contribution in [3.8, 4) is 5.82 Å². The van der Waals surface area contributed by atoms with Crippen LogP contribution < -0.4 is 9.80 Å². The molecule has 28 heavy (non-hydrogen) atoms. The van der Waals surface area contributed by atoms with Crippen LogP contribution in [0.5, 0.6) is 0 Å². The Morgan fingerprint density at radius 1 is 0.786 bits per heavy atom. The zero-order valence-electron chi connectivity index (χ0n) is 15.7. The molecular weight excluding hydrogens is 350 g/mol. The van der Waals surface area contributed by atoms with Crippen LogP contribution in [0.4, 0.5) is 11.6 Å². The van der Waals surface area contributed by atoms with Crippen molar-refractivity contribution < 1.29 is 0 Å². The smallest absolute Gasteiger partial charge is 0.175 e. The molecule has 7 heteroatoms. The minimum atomic E-state index is 0.732. The van der Waals surface area contributed by atoms with E-state index in [1.165, 1.54) is 10.8 Å². The summed E-state index contributed by atoms with van der Waals surface area (Å²) < 4.78 is 1.75. The van der Waals surface area contributed by atoms with Crippen LogP contribution in [0.25, 0.3) is 16.6 Å². The fourth-order valence-corrected chi connectivity index (χ4v) is 3.65. The molecule has 0 radical (unpaired) electrons. The van der Waals surface area contributed by atoms with Crippen molar-refractivity contribution in [3.63, 3.8) is 0 Å². The molecular formula is C21H21N7. The molecule has 4 heterocycles. The quantitative estimate of drug-likeness (QED) is 0.552. The molecule has 7 nitrogen and oxygen atoms in total. The fourth-order valence-electron chi connectivity index (χ4n) is 3.65. The third kappa shape index (κ3) is 3.05. The van der Waals surface area contributed by atoms with Gasteiger partial charge in [-0.1, -0.05) is 24.3 Å². The third-order valence-corrected chi connectivity index (χ3v) is 5.15. The van der Waals surface area contributed by atoms with Crippen molar-refractivity contribution in [2.45, 2.75) is 6.92 Å². The number of nitrogens with zero attached hydrogens (tertiary/aromatic N) is 7. The Bertz CT molecular complexity index is 1090. The van der Waals surface area contributed by atoms with Crippen molar-refractivity contribution in [1.29, 1.82) is 0 Å². The van der Waals surface area contributed by atoms with Crippen LogP contribution >= 0.6 is 0 Å². The summed E-state index contributed by atoms with van der Waals surface area (Å²) in [6.07, 6.45) is 3.79. The normalized spacial score (nSPS) is 14.6. The third-order valence-electron chi connectivity index (χ3n) is 5.15. The van der Waals surface area contributed by atoms with Crippen molar-refractivity contribution >= 4 is 22.4 Å². The molecule has 0 bridgehead atoms. The van der Waals surface area contributed by atoms with Crippen molar-refractivity contribution in [1.82, 2.24) is 25.0 Å². The summed E-state index contributed by atoms with van der Waals surface area (Å²) in [4.78, 5) is 9.27. The maximum atomic E-state index is 4.65. The van der Waals surface area contributed by atoms with Crippen LogP contribution in [-0.2, 0) is 0 Å². The number of benzene rings is 1. The molecule has 0 atom stereocenters. The van der Waals surface area contributed by atoms with Crippen molar-refractivity contribution in [3.05, 3.63) is 66.6 Å². The van der Waals surface area contributed by atoms with Crippen LogP contribution in [0.2, 0.25) is 0 Å². The predicted molar refractivity (Wildman–Crippen MR) is 110 cm³/mol. The molecule has 1 aromatic carbocycles. The highest BCUT2D eigenvalue weighted by Gasteiger charge is 2.20. The molecule has 0 N–H and O–H groups in total. The second-order valence-corrected chi connectivity index (χ2v) is 6.98. The van der Waals surface area contributed by atoms with E-state index in [1.54, 1.807) is 4.68 Å². The van der Waals surface area contributed by atoms with E-state index in [2.05, 4.69) is 60.4 Å². The van der Waals surface area contributed by atoms with E-state index in [0.29, 0.717) is 0 Å². The molecule has 5 rings (SSSR count). The summed E-state index contributed by atoms with van der Waals surface area (Å²) in [6, 6.07) is 16.4. The number of aryl methyl sites for hydroxylation is 1. The van der Waals surface area contributed by atoms with Gasteiger partial charge in [0, 0.05) is 44.0 Å². The maximum absolute atomic E-state index is 4.65. The summed E-state index contributed by atoms with van der Waals surface area (Å²) in [5.41, 5.74) is 0.962. The van der Waals surface area contributed by atoms with Gasteiger partial charge in [0.2, 0.25) is 0 Å². The number of aromatic nitrogens is 5. The van der Waals surface area contributed by atoms with Gasteiger partial charge in [0.25, 0.3) is 0 Å². The number of hydrogen-bond donors (Lipinski definition) is 0. The van der Waals surface area contributed by atoms with E-state index >= 15 is 0 Å². The molecule has 140 valence electrons. The lowest BCUT2D eigenvalue weighted by Gasteiger charge is -2.36. The zero-order chi connectivity index (χ0) is 18.9. The highest BCUT2D eigenvalue weighted by molar-refractivity contribution is 5.92. The minimum absolute atomic E-state index is 0.732. The van der Waals surface area contributed by atoms with Crippen molar-refractivity contribution in [2.75, 3.05) is 36.0 Å². The Balaban J connectivity index is 1.30. The lowest BCUT2D eigenvalue weighted by atomic mass is 10.1. The van der Waals surface area contributed by atoms with Crippen LogP contribution in [0.15, 0.2) is 60.9 Å². The highest BCUT2D eigenvalue weighted by Crippen LogP contribution is 2.25. The molecule has 0 aliphatic carbocycles. The van der Waals surface area contributed by atoms with Gasteiger partial charge < -0.3 is 9.80 Å². The summed E-state index contributed by atoms with van der Waals surface area (Å²) in [5, 5.41) is 15.6. The van der Waals surface area contributed by atoms with Gasteiger partial charge in [0.05, 0.1) is 5.69 Å². The van der Waals surface area contributed by atoms with E-state index in [0.717, 1.165) is 49.3 Å². The largest absolute Gasteiger partial charge is 0.353 e. The van der Waals surface area contributed by atoms with Gasteiger partial charge in [-0.2, -0.15) is 5.10 Å². The fraction of sp³-hybridized carbons (Fsp3) is 0.238. The number of piperazine rings is 1. The Kier molecular flexibility index (Phi) is 4.12. The van der Waals surface area contributed by atoms with Gasteiger partial charge in [-0.25, -0.2) is 9.67 Å². The summed E-state index contributed by atoms with van der Waals surface area (Å²) in [5.74, 6) is 2.70. The Morgan fingerprint density at radius 2 is 1.54 bits per heavy atom. The average molecular weight is 371 g/mol. The van der Waals surface area contributed by atoms with Gasteiger partial charge in [0.15, 0.2) is 11.6 Å². The van der Waals surface area contributed by atoms with E-state index in [9.17, 15) is 0 Å². The Hall–Kier alpha value is -3.48. The predicted octanol–water partition coefficient (Wildman–Crippen LogP) is 2.85. The van der Waals surface area contributed by atoms with Crippen molar-refractivity contribution in [2.24, 2.45) is 0 Å². The van der Waals surface area contributed by atoms with Gasteiger partial charge in [-0.05, 0) is 36.6 Å². The van der Waals surface area contributed by atoms with Crippen LogP contribution in [0.1, 0.15) is 5.69 Å². The summed E-state index contributed by atoms with van der Waals surface area (Å²) in [6.45, 7) is 5.55. The number of hydrogen-bond acceptors (Lipinski definition) is 6. The molecule has 0 saturated carbocycles. The molecule has 1 fully saturated rings. The van der Waals surface area contributed by atoms with E-state index in [4.69, 9.17) is 0 Å². The van der Waals surface area contributed by atoms with E-state index in [1.807, 2.05) is 37.5 Å². The van der Waals surface area contributed by atoms with Gasteiger partial charge in [-0.3, -0.25) is 0 Å². The lowest BCUT2D eigenvalue weighted by molar-refractivity contribution is 0.638. The Labute approximate surface area is 163 Å². The molecule has 0 amide bonds. The molecule has 1 aliphatic rings. The number of anilines is 2. The van der Waals surface area contributed by atoms with E-state index in [-0.39, 0.29) is 0 Å². The first-order valence-corrected chi connectivity index (χ1v) is 9.48. The first kappa shape index (κ1) is 16.7. The molecule has 0 unspecified atom stereocenters. The zero-order valence-corrected chi connectivity index (χ0v) is 15.7. The second-order valence-electron chi connectivity index (χ2n) is 6.98. The van der Waals surface area contributed by atoms with Crippen LogP contribution in [0, 0.1) is 6.92 Å². The Morgan fingerprint density at radius 3 is 2.29 bits per heavy atom. The molecule has 1 aliphatic heterocycles. The minimum Gasteiger partial charge on any atom is -0.353 e. The van der Waals surface area contributed by atoms with Gasteiger partial charge >= 0.3 is 0 Å². The van der Waals surface area contributed by atoms with Crippen LogP contribution in [-0.4, -0.2) is 51.1 Å². The average Bonchev–Trinajstić information content (AvgIpc) is 3.20. The first-order valence-electron chi connectivity index (χ1n) is 9.48. The van der Waals surface area contributed by atoms with Gasteiger partial charge in [0.1, 0.15) is 5.82 Å². The maximum Gasteiger partial charge on any atom is 0.175 e. The van der Waals surface area contributed by atoms with Gasteiger partial charge in [-0.15, -0.1) is 10.2 Å². The van der Waals surface area contributed by atoms with Crippen LogP contribution in [0.3, 0.4) is 0 Å². The summed E-state index contributed by atoms with van der Waals surface area (Å²) in [7, 11) is 0. The topological polar surface area (TPSA) is 63.0 Å². The monoisotopic (exact) mass is 371 g/mol. The lowest BCUT2D eigenvalue weighted by Crippen LogP contribution is -2.47. The number of pyridine rings is 1. The number of rotatable bonds is 3.